The molecule has 114 valence electrons. The van der Waals surface area contributed by atoms with Crippen LogP contribution in [0.4, 0.5) is 5.82 Å². The summed E-state index contributed by atoms with van der Waals surface area (Å²) in [5, 5.41) is 9.99. The number of anilines is 1. The summed E-state index contributed by atoms with van der Waals surface area (Å²) >= 11 is 5.84. The highest BCUT2D eigenvalue weighted by atomic mass is 35.5. The molecular weight excluding hydrogens is 298 g/mol. The summed E-state index contributed by atoms with van der Waals surface area (Å²) in [5.74, 6) is 1.46. The van der Waals surface area contributed by atoms with Crippen LogP contribution in [-0.4, -0.2) is 25.2 Å². The monoisotopic (exact) mass is 315 g/mol. The van der Waals surface area contributed by atoms with Crippen molar-refractivity contribution in [3.63, 3.8) is 0 Å². The highest BCUT2D eigenvalue weighted by Crippen LogP contribution is 2.21. The Labute approximate surface area is 135 Å². The first-order valence-corrected chi connectivity index (χ1v) is 7.37. The Morgan fingerprint density at radius 3 is 2.59 bits per heavy atom. The van der Waals surface area contributed by atoms with Gasteiger partial charge in [-0.3, -0.25) is 0 Å². The maximum absolute atomic E-state index is 9.31. The molecular formula is C17H18ClN3O. The van der Waals surface area contributed by atoms with E-state index in [1.165, 1.54) is 0 Å². The van der Waals surface area contributed by atoms with Gasteiger partial charge in [-0.1, -0.05) is 11.6 Å². The van der Waals surface area contributed by atoms with E-state index in [1.807, 2.05) is 44.0 Å². The molecule has 22 heavy (non-hydrogen) atoms. The molecule has 0 atom stereocenters. The summed E-state index contributed by atoms with van der Waals surface area (Å²) in [6.07, 6.45) is 0. The van der Waals surface area contributed by atoms with Crippen LogP contribution in [0.5, 0.6) is 5.75 Å². The molecule has 0 N–H and O–H groups in total. The predicted molar refractivity (Wildman–Crippen MR) is 88.6 cm³/mol. The van der Waals surface area contributed by atoms with Gasteiger partial charge in [-0.05, 0) is 49.7 Å². The predicted octanol–water partition coefficient (Wildman–Crippen LogP) is 3.74. The highest BCUT2D eigenvalue weighted by molar-refractivity contribution is 6.30. The van der Waals surface area contributed by atoms with Gasteiger partial charge in [0.1, 0.15) is 24.2 Å². The average molecular weight is 316 g/mol. The molecule has 0 spiro atoms. The number of nitrogens with zero attached hydrogens (tertiary/aromatic N) is 3. The SMILES string of the molecule is Cc1cc(C)c(C#N)c(N(C)CCOc2ccc(Cl)cc2)n1. The van der Waals surface area contributed by atoms with E-state index < -0.39 is 0 Å². The van der Waals surface area contributed by atoms with Gasteiger partial charge in [0.15, 0.2) is 0 Å². The molecule has 0 aliphatic rings. The Morgan fingerprint density at radius 2 is 1.95 bits per heavy atom. The molecule has 0 radical (unpaired) electrons. The first kappa shape index (κ1) is 16.1. The molecule has 5 heteroatoms. The minimum Gasteiger partial charge on any atom is -0.492 e. The van der Waals surface area contributed by atoms with E-state index in [1.54, 1.807) is 12.1 Å². The number of aryl methyl sites for hydroxylation is 2. The van der Waals surface area contributed by atoms with Crippen LogP contribution in [0, 0.1) is 25.2 Å². The van der Waals surface area contributed by atoms with Crippen molar-refractivity contribution in [3.8, 4) is 11.8 Å². The van der Waals surface area contributed by atoms with Gasteiger partial charge in [0.25, 0.3) is 0 Å². The molecule has 0 aliphatic heterocycles. The van der Waals surface area contributed by atoms with E-state index >= 15 is 0 Å². The van der Waals surface area contributed by atoms with Crippen LogP contribution in [-0.2, 0) is 0 Å². The molecule has 1 aromatic carbocycles. The van der Waals surface area contributed by atoms with Gasteiger partial charge in [-0.15, -0.1) is 0 Å². The topological polar surface area (TPSA) is 49.2 Å². The summed E-state index contributed by atoms with van der Waals surface area (Å²) in [4.78, 5) is 6.41. The number of halogens is 1. The fraction of sp³-hybridized carbons (Fsp3) is 0.294. The van der Waals surface area contributed by atoms with Gasteiger partial charge >= 0.3 is 0 Å². The largest absolute Gasteiger partial charge is 0.492 e. The lowest BCUT2D eigenvalue weighted by molar-refractivity contribution is 0.325. The van der Waals surface area contributed by atoms with E-state index in [2.05, 4.69) is 11.1 Å². The Bertz CT molecular complexity index is 692. The van der Waals surface area contributed by atoms with Gasteiger partial charge < -0.3 is 9.64 Å². The lowest BCUT2D eigenvalue weighted by Gasteiger charge is -2.21. The molecule has 0 saturated heterocycles. The van der Waals surface area contributed by atoms with Crippen LogP contribution in [0.25, 0.3) is 0 Å². The Kier molecular flexibility index (Phi) is 5.24. The summed E-state index contributed by atoms with van der Waals surface area (Å²) < 4.78 is 5.68. The van der Waals surface area contributed by atoms with Crippen molar-refractivity contribution >= 4 is 17.4 Å². The summed E-state index contributed by atoms with van der Waals surface area (Å²) in [6, 6.07) is 11.4. The minimum absolute atomic E-state index is 0.498. The lowest BCUT2D eigenvalue weighted by atomic mass is 10.1. The van der Waals surface area contributed by atoms with E-state index in [4.69, 9.17) is 16.3 Å². The van der Waals surface area contributed by atoms with Crippen LogP contribution in [0.15, 0.2) is 30.3 Å². The Morgan fingerprint density at radius 1 is 1.27 bits per heavy atom. The second-order valence-corrected chi connectivity index (χ2v) is 5.55. The number of nitriles is 1. The zero-order valence-electron chi connectivity index (χ0n) is 12.9. The van der Waals surface area contributed by atoms with Gasteiger partial charge in [0.05, 0.1) is 12.1 Å². The van der Waals surface area contributed by atoms with Crippen molar-refractivity contribution in [1.29, 1.82) is 5.26 Å². The van der Waals surface area contributed by atoms with Gasteiger partial charge in [0, 0.05) is 17.8 Å². The van der Waals surface area contributed by atoms with Crippen LogP contribution in [0.2, 0.25) is 5.02 Å². The minimum atomic E-state index is 0.498. The standard InChI is InChI=1S/C17H18ClN3O/c1-12-10-13(2)20-17(16(12)11-19)21(3)8-9-22-15-6-4-14(18)5-7-15/h4-7,10H,8-9H2,1-3H3. The number of aromatic nitrogens is 1. The normalized spacial score (nSPS) is 10.1. The number of ether oxygens (including phenoxy) is 1. The van der Waals surface area contributed by atoms with Crippen molar-refractivity contribution < 1.29 is 4.74 Å². The van der Waals surface area contributed by atoms with Crippen LogP contribution >= 0.6 is 11.6 Å². The van der Waals surface area contributed by atoms with E-state index in [9.17, 15) is 5.26 Å². The zero-order valence-corrected chi connectivity index (χ0v) is 13.7. The fourth-order valence-electron chi connectivity index (χ4n) is 2.17. The second-order valence-electron chi connectivity index (χ2n) is 5.11. The highest BCUT2D eigenvalue weighted by Gasteiger charge is 2.12. The summed E-state index contributed by atoms with van der Waals surface area (Å²) in [7, 11) is 1.91. The van der Waals surface area contributed by atoms with Crippen LogP contribution in [0.1, 0.15) is 16.8 Å². The van der Waals surface area contributed by atoms with E-state index in [-0.39, 0.29) is 0 Å². The van der Waals surface area contributed by atoms with Crippen LogP contribution in [0.3, 0.4) is 0 Å². The number of hydrogen-bond donors (Lipinski definition) is 0. The molecule has 0 amide bonds. The molecule has 2 rings (SSSR count). The lowest BCUT2D eigenvalue weighted by Crippen LogP contribution is -2.26. The quantitative estimate of drug-likeness (QED) is 0.843. The smallest absolute Gasteiger partial charge is 0.146 e. The van der Waals surface area contributed by atoms with Crippen molar-refractivity contribution in [2.24, 2.45) is 0 Å². The number of hydrogen-bond acceptors (Lipinski definition) is 4. The third-order valence-electron chi connectivity index (χ3n) is 3.31. The first-order valence-electron chi connectivity index (χ1n) is 6.99. The molecule has 0 unspecified atom stereocenters. The van der Waals surface area contributed by atoms with Crippen molar-refractivity contribution in [3.05, 3.63) is 52.2 Å². The molecule has 4 nitrogen and oxygen atoms in total. The Hall–Kier alpha value is -2.25. The molecule has 0 bridgehead atoms. The van der Waals surface area contributed by atoms with Crippen molar-refractivity contribution in [1.82, 2.24) is 4.98 Å². The van der Waals surface area contributed by atoms with Gasteiger partial charge in [-0.2, -0.15) is 5.26 Å². The molecule has 0 saturated carbocycles. The van der Waals surface area contributed by atoms with Crippen LogP contribution < -0.4 is 9.64 Å². The number of likely N-dealkylation sites (N-methyl/N-ethyl adjacent to an activating group) is 1. The molecule has 1 aromatic heterocycles. The molecule has 0 aliphatic carbocycles. The van der Waals surface area contributed by atoms with Crippen molar-refractivity contribution in [2.45, 2.75) is 13.8 Å². The molecule has 1 heterocycles. The maximum Gasteiger partial charge on any atom is 0.146 e. The van der Waals surface area contributed by atoms with E-state index in [0.29, 0.717) is 29.6 Å². The first-order chi connectivity index (χ1) is 10.5. The molecule has 2 aromatic rings. The summed E-state index contributed by atoms with van der Waals surface area (Å²) in [6.45, 7) is 4.98. The fourth-order valence-corrected chi connectivity index (χ4v) is 2.29. The van der Waals surface area contributed by atoms with Gasteiger partial charge in [-0.25, -0.2) is 4.98 Å². The second kappa shape index (κ2) is 7.15. The summed E-state index contributed by atoms with van der Waals surface area (Å²) in [5.41, 5.74) is 2.45. The molecule has 0 fully saturated rings. The Balaban J connectivity index is 2.02. The third kappa shape index (κ3) is 3.90. The number of rotatable bonds is 5. The number of pyridine rings is 1. The van der Waals surface area contributed by atoms with Gasteiger partial charge in [0.2, 0.25) is 0 Å². The van der Waals surface area contributed by atoms with E-state index in [0.717, 1.165) is 17.0 Å². The number of benzene rings is 1. The zero-order chi connectivity index (χ0) is 16.1. The maximum atomic E-state index is 9.31. The third-order valence-corrected chi connectivity index (χ3v) is 3.56. The average Bonchev–Trinajstić information content (AvgIpc) is 2.48. The van der Waals surface area contributed by atoms with Crippen molar-refractivity contribution in [2.75, 3.05) is 25.1 Å².